The van der Waals surface area contributed by atoms with E-state index in [1.165, 1.54) is 41.5 Å². The number of carboxylic acids is 2. The molecular weight excluding hydrogens is 1920 g/mol. The average Bonchev–Trinajstić information content (AvgIpc) is 1.68. The number of carbonyl (C=O) groups is 21. The molecule has 1 heterocycles. The third-order valence-corrected chi connectivity index (χ3v) is 24.6. The minimum atomic E-state index is -1.90. The van der Waals surface area contributed by atoms with E-state index in [1.807, 2.05) is 0 Å². The normalized spacial score (nSPS) is 16.3. The van der Waals surface area contributed by atoms with E-state index in [4.69, 9.17) is 28.3 Å². The summed E-state index contributed by atoms with van der Waals surface area (Å²) in [6.07, 6.45) is -3.59. The fourth-order valence-electron chi connectivity index (χ4n) is 15.4. The van der Waals surface area contributed by atoms with Gasteiger partial charge in [-0.1, -0.05) is 143 Å². The Bertz CT molecular complexity index is 4730. The molecule has 0 unspecified atom stereocenters. The maximum Gasteiger partial charge on any atom is 0.326 e. The number of rotatable bonds is 67. The van der Waals surface area contributed by atoms with Crippen molar-refractivity contribution in [1.29, 1.82) is 5.41 Å². The van der Waals surface area contributed by atoms with Gasteiger partial charge in [0.15, 0.2) is 5.96 Å². The number of aliphatic carboxylic acids is 2. The molecule has 0 radical (unpaired) electrons. The molecule has 2 aromatic rings. The Morgan fingerprint density at radius 1 is 0.381 bits per heavy atom. The van der Waals surface area contributed by atoms with Gasteiger partial charge in [-0.15, -0.1) is 0 Å². The van der Waals surface area contributed by atoms with Gasteiger partial charge in [0.25, 0.3) is 0 Å². The average molecular weight is 2080 g/mol. The predicted molar refractivity (Wildman–Crippen MR) is 536 cm³/mol. The van der Waals surface area contributed by atoms with Crippen molar-refractivity contribution >= 4 is 130 Å². The molecule has 822 valence electrons. The second-order valence-electron chi connectivity index (χ2n) is 37.7. The molecular formula is C96H157N25O26. The monoisotopic (exact) mass is 2080 g/mol. The first-order valence-corrected chi connectivity index (χ1v) is 49.7. The lowest BCUT2D eigenvalue weighted by Crippen LogP contribution is -2.63. The zero-order valence-electron chi connectivity index (χ0n) is 86.2. The first-order chi connectivity index (χ1) is 69.3. The van der Waals surface area contributed by atoms with Gasteiger partial charge in [-0.25, -0.2) is 4.79 Å². The zero-order chi connectivity index (χ0) is 111. The van der Waals surface area contributed by atoms with Crippen LogP contribution < -0.4 is 124 Å². The molecule has 0 bridgehead atoms. The number of carboxylic acid groups (broad SMARTS) is 2. The summed E-state index contributed by atoms with van der Waals surface area (Å²) in [5, 5.41) is 108. The molecule has 51 heteroatoms. The van der Waals surface area contributed by atoms with Crippen LogP contribution in [0.1, 0.15) is 198 Å². The highest BCUT2D eigenvalue weighted by Gasteiger charge is 2.44. The fraction of sp³-hybridized carbons (Fsp3) is 0.646. The van der Waals surface area contributed by atoms with Crippen LogP contribution in [0, 0.1) is 35.0 Å². The number of benzene rings is 2. The molecule has 2 aromatic carbocycles. The van der Waals surface area contributed by atoms with Crippen LogP contribution in [0.25, 0.3) is 0 Å². The van der Waals surface area contributed by atoms with E-state index < -0.39 is 314 Å². The molecule has 1 fully saturated rings. The number of guanidine groups is 1. The van der Waals surface area contributed by atoms with Gasteiger partial charge in [-0.2, -0.15) is 0 Å². The number of nitrogens with one attached hydrogen (secondary N) is 20. The number of aliphatic hydroxyl groups is 3. The third-order valence-electron chi connectivity index (χ3n) is 24.6. The maximum atomic E-state index is 14.8. The first kappa shape index (κ1) is 127. The SMILES string of the molecule is CC[C@H](C)[C@H](NC(=O)[C@H](Cc1ccccc1)NC(=O)[C@@H](NC(=O)[C@H](CO)NC(=O)[C@@H]1CCCN1C(=O)[C@H](C)NC(=O)[C@H](C)NC(=O)[C@@H](NC(=O)[C@@H](NC(=O)[C@H](CCCNC(=N)N)NC(=O)[C@H](CCCCN)NC(=O)[C@@H](NC(=O)[C@H](CCC(=O)O)NC(=O)[C@@H](NC(=O)[C@H](CCCCN)NC(=O)[C@@H](NC(=O)CNC(=O)CNC(=O)CN)[C@@H](C)O)C(C)C)[C@@H](C)CC)[C@@H](C)O)C(C)C)C(C)C)C(=O)N[C@@H](Cc1ccccc1)C(=O)O. The summed E-state index contributed by atoms with van der Waals surface area (Å²) in [7, 11) is 0. The van der Waals surface area contributed by atoms with Crippen LogP contribution >= 0.6 is 0 Å². The summed E-state index contributed by atoms with van der Waals surface area (Å²) in [6.45, 7) is 18.2. The van der Waals surface area contributed by atoms with Gasteiger partial charge in [0.1, 0.15) is 103 Å². The first-order valence-electron chi connectivity index (χ1n) is 49.7. The molecule has 0 aliphatic carbocycles. The predicted octanol–water partition coefficient (Wildman–Crippen LogP) is -7.26. The quantitative estimate of drug-likeness (QED) is 0.0166. The van der Waals surface area contributed by atoms with Crippen LogP contribution in [0.5, 0.6) is 0 Å². The van der Waals surface area contributed by atoms with Gasteiger partial charge in [-0.3, -0.25) is 101 Å². The minimum Gasteiger partial charge on any atom is -0.481 e. The molecule has 19 amide bonds. The van der Waals surface area contributed by atoms with Crippen LogP contribution in [0.4, 0.5) is 0 Å². The Morgan fingerprint density at radius 2 is 0.735 bits per heavy atom. The van der Waals surface area contributed by atoms with E-state index in [0.717, 1.165) is 18.7 Å². The lowest BCUT2D eigenvalue weighted by atomic mass is 9.96. The van der Waals surface area contributed by atoms with Crippen molar-refractivity contribution in [2.75, 3.05) is 52.4 Å². The minimum absolute atomic E-state index is 0.0184. The van der Waals surface area contributed by atoms with Gasteiger partial charge in [0, 0.05) is 32.4 Å². The van der Waals surface area contributed by atoms with E-state index in [9.17, 15) is 126 Å². The van der Waals surface area contributed by atoms with Crippen LogP contribution in [0.2, 0.25) is 0 Å². The smallest absolute Gasteiger partial charge is 0.326 e. The van der Waals surface area contributed by atoms with Crippen molar-refractivity contribution in [3.05, 3.63) is 71.8 Å². The fourth-order valence-corrected chi connectivity index (χ4v) is 15.4. The molecule has 21 atom stereocenters. The number of hydrogen-bond donors (Lipinski definition) is 29. The van der Waals surface area contributed by atoms with Crippen molar-refractivity contribution in [1.82, 2.24) is 106 Å². The Balaban J connectivity index is 1.83. The summed E-state index contributed by atoms with van der Waals surface area (Å²) in [5.74, 6) is -24.8. The van der Waals surface area contributed by atoms with Crippen LogP contribution in [-0.2, 0) is 114 Å². The number of carbonyl (C=O) groups excluding carboxylic acids is 19. The van der Waals surface area contributed by atoms with E-state index in [0.29, 0.717) is 24.0 Å². The molecule has 51 nitrogen and oxygen atoms in total. The standard InChI is InChI=1S/C96H157N25O26/c1-15-52(9)75(118-83(134)63(37-38-71(128)129)110-88(139)73(50(5)6)115-81(132)61(34-24-26-40-98)109-92(143)77(56(13)123)114-70(127)47-104-69(126)46-103-68(125)45-99)90(141)108-60(33-23-25-39-97)80(131)107-62(35-27-41-102-96(100)101)82(133)120-78(57(14)124)93(144)117-72(49(3)4)87(138)105-54(11)79(130)106-55(12)94(145)121-42-28-36-67(121)86(137)113-66(48-122)85(136)116-74(51(7)8)89(140)111-64(43-58-29-19-17-20-30-58)84(135)119-76(53(10)16-2)91(142)112-65(95(146)147)44-59-31-21-18-22-32-59/h17-22,29-32,49-57,60-67,72-78,122-124H,15-16,23-28,33-48,97-99H2,1-14H3,(H,103,125)(H,104,126)(H,105,138)(H,106,130)(H,107,131)(H,108,141)(H,109,143)(H,110,139)(H,111,140)(H,112,142)(H,113,137)(H,114,127)(H,115,132)(H,116,136)(H,117,144)(H,118,134)(H,119,135)(H,120,133)(H,128,129)(H,146,147)(H4,100,101,102)/t52-,53-,54-,55-,56+,57+,60-,61-,62-,63-,64-,65-,66-,67-,72-,73-,74-,75-,76-,77-,78-/m0/s1. The highest BCUT2D eigenvalue weighted by Crippen LogP contribution is 2.22. The Hall–Kier alpha value is -13.7. The van der Waals surface area contributed by atoms with Crippen molar-refractivity contribution in [2.45, 2.75) is 315 Å². The second kappa shape index (κ2) is 65.7. The molecule has 1 aliphatic rings. The summed E-state index contributed by atoms with van der Waals surface area (Å²) in [6, 6.07) is -8.88. The van der Waals surface area contributed by atoms with E-state index in [-0.39, 0.29) is 103 Å². The van der Waals surface area contributed by atoms with Gasteiger partial charge in [0.05, 0.1) is 38.4 Å². The second-order valence-corrected chi connectivity index (χ2v) is 37.7. The maximum absolute atomic E-state index is 14.8. The Kier molecular flexibility index (Phi) is 57.0. The van der Waals surface area contributed by atoms with Crippen LogP contribution in [-0.4, -0.2) is 328 Å². The van der Waals surface area contributed by atoms with E-state index in [1.54, 1.807) is 102 Å². The van der Waals surface area contributed by atoms with E-state index >= 15 is 0 Å². The number of nitrogens with two attached hydrogens (primary N) is 4. The molecule has 33 N–H and O–H groups in total. The number of aliphatic hydroxyl groups excluding tert-OH is 3. The number of nitrogens with zero attached hydrogens (tertiary/aromatic N) is 1. The van der Waals surface area contributed by atoms with Crippen LogP contribution in [0.3, 0.4) is 0 Å². The largest absolute Gasteiger partial charge is 0.481 e. The number of amides is 19. The number of hydrogen-bond acceptors (Lipinski definition) is 28. The van der Waals surface area contributed by atoms with Crippen molar-refractivity contribution in [3.63, 3.8) is 0 Å². The zero-order valence-corrected chi connectivity index (χ0v) is 86.2. The van der Waals surface area contributed by atoms with Gasteiger partial charge in [-0.05, 0) is 152 Å². The van der Waals surface area contributed by atoms with Crippen molar-refractivity contribution in [2.24, 2.45) is 52.5 Å². The van der Waals surface area contributed by atoms with Gasteiger partial charge >= 0.3 is 11.9 Å². The van der Waals surface area contributed by atoms with Crippen molar-refractivity contribution in [3.8, 4) is 0 Å². The van der Waals surface area contributed by atoms with Gasteiger partial charge in [0.2, 0.25) is 112 Å². The summed E-state index contributed by atoms with van der Waals surface area (Å²) in [4.78, 5) is 291. The molecule has 0 spiro atoms. The highest BCUT2D eigenvalue weighted by atomic mass is 16.4. The number of unbranched alkanes of at least 4 members (excludes halogenated alkanes) is 2. The molecule has 147 heavy (non-hydrogen) atoms. The van der Waals surface area contributed by atoms with Crippen LogP contribution in [0.15, 0.2) is 60.7 Å². The summed E-state index contributed by atoms with van der Waals surface area (Å²) < 4.78 is 0. The molecule has 1 aliphatic heterocycles. The molecule has 1 saturated heterocycles. The number of likely N-dealkylation sites (tertiary alicyclic amines) is 1. The lowest BCUT2D eigenvalue weighted by Gasteiger charge is -2.31. The third kappa shape index (κ3) is 44.7. The summed E-state index contributed by atoms with van der Waals surface area (Å²) in [5.41, 5.74) is 23.6. The van der Waals surface area contributed by atoms with Crippen molar-refractivity contribution < 1.29 is 126 Å². The highest BCUT2D eigenvalue weighted by molar-refractivity contribution is 6.02. The topological polar surface area (TPSA) is 819 Å². The van der Waals surface area contributed by atoms with Gasteiger partial charge < -0.3 is 154 Å². The lowest BCUT2D eigenvalue weighted by molar-refractivity contribution is -0.142. The molecule has 3 rings (SSSR count). The van der Waals surface area contributed by atoms with E-state index in [2.05, 4.69) is 101 Å². The summed E-state index contributed by atoms with van der Waals surface area (Å²) >= 11 is 0. The molecule has 0 aromatic heterocycles. The Labute approximate surface area is 855 Å². The molecule has 0 saturated carbocycles. The Morgan fingerprint density at radius 3 is 1.16 bits per heavy atom.